The summed E-state index contributed by atoms with van der Waals surface area (Å²) >= 11 is 6.34. The minimum absolute atomic E-state index is 0.0179. The molecule has 0 bridgehead atoms. The highest BCUT2D eigenvalue weighted by molar-refractivity contribution is 6.32. The Morgan fingerprint density at radius 2 is 1.66 bits per heavy atom. The molecule has 3 fully saturated rings. The van der Waals surface area contributed by atoms with Crippen LogP contribution in [0.25, 0.3) is 22.3 Å². The van der Waals surface area contributed by atoms with Crippen LogP contribution < -0.4 is 25.8 Å². The summed E-state index contributed by atoms with van der Waals surface area (Å²) in [4.78, 5) is 65.8. The molecule has 0 radical (unpaired) electrons. The molecule has 416 valence electrons. The van der Waals surface area contributed by atoms with Crippen molar-refractivity contribution in [3.05, 3.63) is 108 Å². The van der Waals surface area contributed by atoms with Gasteiger partial charge in [-0.25, -0.2) is 14.2 Å². The van der Waals surface area contributed by atoms with Crippen LogP contribution in [0.3, 0.4) is 0 Å². The molecule has 0 unspecified atom stereocenters. The Kier molecular flexibility index (Phi) is 15.8. The molecule has 0 spiro atoms. The summed E-state index contributed by atoms with van der Waals surface area (Å²) in [5, 5.41) is 37.2. The van der Waals surface area contributed by atoms with E-state index in [0.29, 0.717) is 63.3 Å². The standard InChI is InChI=1S/C60H70ClFN10O7/c1-4-60(77)44-29-49-56-42(32-72(49)58(75)43(44)34-78-59(60)76)54-46(16-15-41-35(2)45(62)30-48(66-56)53(41)54)65-52(73)33-70-27-25-69(26-28-70)22-8-6-5-7-9-37-20-23-71(24-21-37)51-19-17-47(67-68-51)57(74)64-39-11-13-40(14-12-39)79-50-18-10-38(31-63)55(61)36(50)3/h10,17-19,29-30,37,39-40,46,77H,4-9,11-16,20-28,32-34H2,1-3H3,(H,64,74)(H,65,73)/t39?,40?,46-,60-/m0/s1. The van der Waals surface area contributed by atoms with E-state index in [4.69, 9.17) is 26.1 Å². The lowest BCUT2D eigenvalue weighted by Crippen LogP contribution is -2.50. The molecule has 7 heterocycles. The third-order valence-electron chi connectivity index (χ3n) is 18.0. The quantitative estimate of drug-likeness (QED) is 0.0623. The van der Waals surface area contributed by atoms with Gasteiger partial charge in [-0.05, 0) is 138 Å². The highest BCUT2D eigenvalue weighted by atomic mass is 35.5. The Balaban J connectivity index is 0.587. The fraction of sp³-hybridized carbons (Fsp3) is 0.533. The van der Waals surface area contributed by atoms with Crippen LogP contribution in [-0.4, -0.2) is 117 Å². The molecular formula is C60H70ClFN10O7. The molecule has 2 saturated heterocycles. The number of nitrogens with one attached hydrogen (secondary N) is 2. The van der Waals surface area contributed by atoms with E-state index in [2.05, 4.69) is 41.6 Å². The normalized spacial score (nSPS) is 22.2. The van der Waals surface area contributed by atoms with Crippen molar-refractivity contribution < 1.29 is 33.4 Å². The molecule has 6 aliphatic rings. The van der Waals surface area contributed by atoms with E-state index >= 15 is 4.39 Å². The molecule has 3 N–H and O–H groups in total. The van der Waals surface area contributed by atoms with Crippen molar-refractivity contribution in [3.63, 3.8) is 0 Å². The number of fused-ring (bicyclic) bond motifs is 5. The molecule has 2 aromatic carbocycles. The van der Waals surface area contributed by atoms with Crippen LogP contribution in [0.5, 0.6) is 5.75 Å². The fourth-order valence-corrected chi connectivity index (χ4v) is 13.3. The highest BCUT2D eigenvalue weighted by Crippen LogP contribution is 2.46. The predicted octanol–water partition coefficient (Wildman–Crippen LogP) is 7.86. The number of nitriles is 1. The number of rotatable bonds is 16. The van der Waals surface area contributed by atoms with Crippen LogP contribution in [0.1, 0.15) is 151 Å². The Labute approximate surface area is 464 Å². The van der Waals surface area contributed by atoms with Gasteiger partial charge < -0.3 is 39.6 Å². The molecule has 2 atom stereocenters. The molecule has 1 saturated carbocycles. The van der Waals surface area contributed by atoms with Gasteiger partial charge >= 0.3 is 5.97 Å². The third-order valence-corrected chi connectivity index (χ3v) is 18.5. The lowest BCUT2D eigenvalue weighted by molar-refractivity contribution is -0.172. The van der Waals surface area contributed by atoms with Crippen molar-refractivity contribution >= 4 is 46.1 Å². The fourth-order valence-electron chi connectivity index (χ4n) is 13.1. The third kappa shape index (κ3) is 10.8. The number of piperidine rings is 1. The van der Waals surface area contributed by atoms with Crippen LogP contribution in [0, 0.1) is 36.9 Å². The van der Waals surface area contributed by atoms with Crippen molar-refractivity contribution in [2.45, 2.75) is 148 Å². The van der Waals surface area contributed by atoms with Gasteiger partial charge in [-0.15, -0.1) is 10.2 Å². The number of benzene rings is 2. The number of esters is 1. The SMILES string of the molecule is CC[C@@]1(O)C(=O)OCc2c1cc1n(c2=O)Cc2c-1nc1cc(F)c(C)c3c1c2[C@@H](NC(=O)CN1CCN(CCCCCCC2CCN(c4ccc(C(=O)NC5CCC(Oc6ccc(C#N)c(Cl)c6C)CC5)nn4)CC2)CC1)CC3. The number of piperazine rings is 1. The Morgan fingerprint density at radius 3 is 2.39 bits per heavy atom. The zero-order valence-electron chi connectivity index (χ0n) is 45.5. The second-order valence-corrected chi connectivity index (χ2v) is 23.1. The van der Waals surface area contributed by atoms with E-state index in [1.54, 1.807) is 42.7 Å². The van der Waals surface area contributed by atoms with E-state index in [0.717, 1.165) is 124 Å². The summed E-state index contributed by atoms with van der Waals surface area (Å²) in [7, 11) is 0. The summed E-state index contributed by atoms with van der Waals surface area (Å²) in [5.41, 5.74) is 4.09. The number of carbonyl (C=O) groups excluding carboxylic acids is 3. The minimum Gasteiger partial charge on any atom is -0.490 e. The number of ether oxygens (including phenoxy) is 2. The van der Waals surface area contributed by atoms with Crippen molar-refractivity contribution in [1.82, 2.24) is 40.2 Å². The molecule has 79 heavy (non-hydrogen) atoms. The van der Waals surface area contributed by atoms with E-state index in [9.17, 15) is 29.5 Å². The first-order valence-corrected chi connectivity index (χ1v) is 28.9. The van der Waals surface area contributed by atoms with Gasteiger partial charge in [-0.2, -0.15) is 5.26 Å². The number of amides is 2. The Bertz CT molecular complexity index is 3290. The lowest BCUT2D eigenvalue weighted by atomic mass is 9.81. The number of anilines is 1. The molecule has 2 aliphatic carbocycles. The molecule has 3 aromatic heterocycles. The molecular weight excluding hydrogens is 1030 g/mol. The number of aryl methyl sites for hydroxylation is 1. The molecule has 11 rings (SSSR count). The summed E-state index contributed by atoms with van der Waals surface area (Å²) < 4.78 is 28.5. The van der Waals surface area contributed by atoms with Crippen LogP contribution in [-0.2, 0) is 39.5 Å². The van der Waals surface area contributed by atoms with Gasteiger partial charge in [0, 0.05) is 73.5 Å². The number of hydrogen-bond donors (Lipinski definition) is 3. The Hall–Kier alpha value is -6.52. The second-order valence-electron chi connectivity index (χ2n) is 22.7. The monoisotopic (exact) mass is 1100 g/mol. The van der Waals surface area contributed by atoms with Crippen molar-refractivity contribution in [2.24, 2.45) is 5.92 Å². The van der Waals surface area contributed by atoms with Crippen LogP contribution in [0.15, 0.2) is 41.2 Å². The Morgan fingerprint density at radius 1 is 0.899 bits per heavy atom. The van der Waals surface area contributed by atoms with E-state index < -0.39 is 11.6 Å². The predicted molar refractivity (Wildman–Crippen MR) is 296 cm³/mol. The van der Waals surface area contributed by atoms with Crippen LogP contribution in [0.4, 0.5) is 10.2 Å². The lowest BCUT2D eigenvalue weighted by Gasteiger charge is -2.35. The molecule has 19 heteroatoms. The number of carbonyl (C=O) groups is 3. The van der Waals surface area contributed by atoms with Gasteiger partial charge in [-0.3, -0.25) is 19.3 Å². The maximum absolute atomic E-state index is 15.4. The van der Waals surface area contributed by atoms with Gasteiger partial charge in [0.25, 0.3) is 11.5 Å². The van der Waals surface area contributed by atoms with Gasteiger partial charge in [0.1, 0.15) is 24.2 Å². The van der Waals surface area contributed by atoms with Gasteiger partial charge in [-0.1, -0.05) is 44.2 Å². The highest BCUT2D eigenvalue weighted by Gasteiger charge is 2.46. The number of unbranched alkanes of at least 4 members (excludes halogenated alkanes) is 3. The second kappa shape index (κ2) is 22.9. The van der Waals surface area contributed by atoms with Gasteiger partial charge in [0.2, 0.25) is 5.91 Å². The molecule has 4 aliphatic heterocycles. The van der Waals surface area contributed by atoms with Crippen molar-refractivity contribution in [1.29, 1.82) is 5.26 Å². The zero-order chi connectivity index (χ0) is 55.1. The number of hydrogen-bond acceptors (Lipinski definition) is 14. The topological polar surface area (TPSA) is 208 Å². The number of aromatic nitrogens is 4. The average Bonchev–Trinajstić information content (AvgIpc) is 3.51. The van der Waals surface area contributed by atoms with Crippen molar-refractivity contribution in [2.75, 3.05) is 57.3 Å². The average molecular weight is 1100 g/mol. The molecule has 17 nitrogen and oxygen atoms in total. The first kappa shape index (κ1) is 54.4. The number of halogens is 2. The van der Waals surface area contributed by atoms with E-state index in [1.807, 2.05) is 13.0 Å². The maximum atomic E-state index is 15.4. The first-order valence-electron chi connectivity index (χ1n) is 28.5. The number of aliphatic hydroxyl groups is 1. The zero-order valence-corrected chi connectivity index (χ0v) is 46.2. The van der Waals surface area contributed by atoms with Gasteiger partial charge in [0.15, 0.2) is 17.1 Å². The summed E-state index contributed by atoms with van der Waals surface area (Å²) in [6, 6.07) is 12.0. The smallest absolute Gasteiger partial charge is 0.343 e. The van der Waals surface area contributed by atoms with Crippen molar-refractivity contribution in [3.8, 4) is 23.2 Å². The first-order chi connectivity index (χ1) is 38.2. The van der Waals surface area contributed by atoms with E-state index in [1.165, 1.54) is 31.7 Å². The maximum Gasteiger partial charge on any atom is 0.343 e. The number of nitrogens with zero attached hydrogens (tertiary/aromatic N) is 8. The molecule has 2 amide bonds. The number of cyclic esters (lactones) is 1. The van der Waals surface area contributed by atoms with Crippen LogP contribution >= 0.6 is 11.6 Å². The molecule has 5 aromatic rings. The number of pyridine rings is 2. The summed E-state index contributed by atoms with van der Waals surface area (Å²) in [6.45, 7) is 11.9. The van der Waals surface area contributed by atoms with Crippen LogP contribution in [0.2, 0.25) is 5.02 Å². The van der Waals surface area contributed by atoms with Gasteiger partial charge in [0.05, 0.1) is 58.3 Å². The minimum atomic E-state index is -1.97. The summed E-state index contributed by atoms with van der Waals surface area (Å²) in [5.74, 6) is 0.755. The summed E-state index contributed by atoms with van der Waals surface area (Å²) in [6.07, 6.45) is 12.6. The largest absolute Gasteiger partial charge is 0.490 e. The van der Waals surface area contributed by atoms with E-state index in [-0.39, 0.29) is 78.6 Å².